The van der Waals surface area contributed by atoms with E-state index in [1.54, 1.807) is 5.57 Å². The fourth-order valence-corrected chi connectivity index (χ4v) is 2.66. The summed E-state index contributed by atoms with van der Waals surface area (Å²) < 4.78 is 0. The Morgan fingerprint density at radius 2 is 2.33 bits per heavy atom. The van der Waals surface area contributed by atoms with E-state index < -0.39 is 0 Å². The van der Waals surface area contributed by atoms with E-state index in [9.17, 15) is 0 Å². The van der Waals surface area contributed by atoms with E-state index in [1.807, 2.05) is 0 Å². The monoisotopic (exact) mass is 205 g/mol. The molecule has 0 aromatic carbocycles. The number of likely N-dealkylation sites (tertiary alicyclic amines) is 1. The summed E-state index contributed by atoms with van der Waals surface area (Å²) in [6.45, 7) is 6.14. The van der Waals surface area contributed by atoms with Crippen LogP contribution in [0.4, 0.5) is 0 Å². The second kappa shape index (κ2) is 5.50. The van der Waals surface area contributed by atoms with Crippen molar-refractivity contribution in [2.75, 3.05) is 19.6 Å². The summed E-state index contributed by atoms with van der Waals surface area (Å²) >= 11 is 0. The molecule has 1 aliphatic heterocycles. The first kappa shape index (κ1) is 10.9. The largest absolute Gasteiger partial charge is 0.299 e. The van der Waals surface area contributed by atoms with Crippen molar-refractivity contribution in [2.24, 2.45) is 5.92 Å². The Hall–Kier alpha value is -0.560. The molecule has 1 heterocycles. The molecule has 1 aliphatic carbocycles. The fourth-order valence-electron chi connectivity index (χ4n) is 2.66. The molecule has 2 aliphatic rings. The van der Waals surface area contributed by atoms with E-state index in [2.05, 4.69) is 30.1 Å². The molecule has 84 valence electrons. The van der Waals surface area contributed by atoms with Gasteiger partial charge in [-0.15, -0.1) is 0 Å². The maximum absolute atomic E-state index is 2.64. The van der Waals surface area contributed by atoms with Crippen LogP contribution < -0.4 is 0 Å². The molecule has 1 fully saturated rings. The zero-order valence-electron chi connectivity index (χ0n) is 9.91. The molecule has 0 saturated carbocycles. The molecular weight excluding hydrogens is 182 g/mol. The van der Waals surface area contributed by atoms with Gasteiger partial charge in [0.1, 0.15) is 0 Å². The van der Waals surface area contributed by atoms with E-state index in [4.69, 9.17) is 0 Å². The summed E-state index contributed by atoms with van der Waals surface area (Å²) in [5, 5.41) is 0. The molecule has 0 aromatic rings. The lowest BCUT2D eigenvalue weighted by Crippen LogP contribution is -2.36. The van der Waals surface area contributed by atoms with E-state index in [0.29, 0.717) is 0 Å². The van der Waals surface area contributed by atoms with Gasteiger partial charge in [0.2, 0.25) is 0 Å². The third-order valence-electron chi connectivity index (χ3n) is 3.67. The Morgan fingerprint density at radius 3 is 3.20 bits per heavy atom. The minimum Gasteiger partial charge on any atom is -0.299 e. The van der Waals surface area contributed by atoms with Crippen molar-refractivity contribution in [1.82, 2.24) is 4.90 Å². The molecule has 1 atom stereocenters. The second-order valence-corrected chi connectivity index (χ2v) is 4.87. The smallest absolute Gasteiger partial charge is 0.0198 e. The minimum absolute atomic E-state index is 0.873. The van der Waals surface area contributed by atoms with Crippen LogP contribution in [0, 0.1) is 5.92 Å². The molecular formula is C14H23N. The standard InChI is InChI=1S/C14H23N/c1-2-3-6-10-15-11-9-13-7-4-5-8-14(13)12-15/h4-5,8,13H,2-3,6-7,9-12H2,1H3. The van der Waals surface area contributed by atoms with E-state index in [1.165, 1.54) is 51.7 Å². The first-order valence-corrected chi connectivity index (χ1v) is 6.48. The summed E-state index contributed by atoms with van der Waals surface area (Å²) in [5.74, 6) is 0.873. The highest BCUT2D eigenvalue weighted by Crippen LogP contribution is 2.28. The first-order chi connectivity index (χ1) is 7.40. The zero-order valence-corrected chi connectivity index (χ0v) is 9.91. The van der Waals surface area contributed by atoms with Crippen LogP contribution in [0.5, 0.6) is 0 Å². The molecule has 1 nitrogen and oxygen atoms in total. The molecule has 0 N–H and O–H groups in total. The number of fused-ring (bicyclic) bond motifs is 1. The highest BCUT2D eigenvalue weighted by Gasteiger charge is 2.23. The molecule has 1 unspecified atom stereocenters. The average Bonchev–Trinajstić information content (AvgIpc) is 2.29. The van der Waals surface area contributed by atoms with E-state index in [0.717, 1.165) is 5.92 Å². The number of unbranched alkanes of at least 4 members (excludes halogenated alkanes) is 2. The lowest BCUT2D eigenvalue weighted by molar-refractivity contribution is 0.229. The molecule has 0 amide bonds. The molecule has 15 heavy (non-hydrogen) atoms. The van der Waals surface area contributed by atoms with Crippen molar-refractivity contribution in [3.8, 4) is 0 Å². The van der Waals surface area contributed by atoms with Crippen molar-refractivity contribution in [1.29, 1.82) is 0 Å². The topological polar surface area (TPSA) is 3.24 Å². The van der Waals surface area contributed by atoms with Gasteiger partial charge in [-0.25, -0.2) is 0 Å². The number of hydrogen-bond donors (Lipinski definition) is 0. The maximum atomic E-state index is 2.64. The number of piperidine rings is 1. The van der Waals surface area contributed by atoms with Gasteiger partial charge in [0.15, 0.2) is 0 Å². The molecule has 2 rings (SSSR count). The van der Waals surface area contributed by atoms with Gasteiger partial charge in [-0.3, -0.25) is 4.90 Å². The van der Waals surface area contributed by atoms with Gasteiger partial charge in [0.25, 0.3) is 0 Å². The van der Waals surface area contributed by atoms with E-state index >= 15 is 0 Å². The lowest BCUT2D eigenvalue weighted by atomic mass is 9.85. The van der Waals surface area contributed by atoms with Crippen LogP contribution >= 0.6 is 0 Å². The zero-order chi connectivity index (χ0) is 10.5. The molecule has 0 aromatic heterocycles. The van der Waals surface area contributed by atoms with Crippen LogP contribution in [0.2, 0.25) is 0 Å². The van der Waals surface area contributed by atoms with Crippen LogP contribution in [0.15, 0.2) is 23.8 Å². The summed E-state index contributed by atoms with van der Waals surface area (Å²) in [5.41, 5.74) is 1.68. The second-order valence-electron chi connectivity index (χ2n) is 4.87. The Morgan fingerprint density at radius 1 is 1.40 bits per heavy atom. The average molecular weight is 205 g/mol. The first-order valence-electron chi connectivity index (χ1n) is 6.48. The quantitative estimate of drug-likeness (QED) is 0.636. The van der Waals surface area contributed by atoms with Crippen LogP contribution in [0.25, 0.3) is 0 Å². The summed E-state index contributed by atoms with van der Waals surface area (Å²) in [7, 11) is 0. The van der Waals surface area contributed by atoms with Crippen molar-refractivity contribution in [3.63, 3.8) is 0 Å². The molecule has 1 saturated heterocycles. The Bertz CT molecular complexity index is 252. The van der Waals surface area contributed by atoms with Crippen LogP contribution in [-0.2, 0) is 0 Å². The summed E-state index contributed by atoms with van der Waals surface area (Å²) in [4.78, 5) is 2.64. The van der Waals surface area contributed by atoms with Crippen molar-refractivity contribution in [2.45, 2.75) is 39.0 Å². The molecule has 0 spiro atoms. The maximum Gasteiger partial charge on any atom is 0.0198 e. The molecule has 0 bridgehead atoms. The van der Waals surface area contributed by atoms with E-state index in [-0.39, 0.29) is 0 Å². The van der Waals surface area contributed by atoms with Crippen molar-refractivity contribution >= 4 is 0 Å². The highest BCUT2D eigenvalue weighted by atomic mass is 15.1. The van der Waals surface area contributed by atoms with Crippen LogP contribution in [0.3, 0.4) is 0 Å². The van der Waals surface area contributed by atoms with Gasteiger partial charge in [-0.2, -0.15) is 0 Å². The number of allylic oxidation sites excluding steroid dienone is 3. The molecule has 1 heteroatoms. The SMILES string of the molecule is CCCCCN1CCC2CC=CC=C2C1. The van der Waals surface area contributed by atoms with Gasteiger partial charge < -0.3 is 0 Å². The van der Waals surface area contributed by atoms with Crippen molar-refractivity contribution in [3.05, 3.63) is 23.8 Å². The normalized spacial score (nSPS) is 26.2. The third-order valence-corrected chi connectivity index (χ3v) is 3.67. The lowest BCUT2D eigenvalue weighted by Gasteiger charge is -2.35. The molecule has 0 radical (unpaired) electrons. The van der Waals surface area contributed by atoms with Gasteiger partial charge in [-0.05, 0) is 38.3 Å². The predicted molar refractivity (Wildman–Crippen MR) is 65.9 cm³/mol. The summed E-state index contributed by atoms with van der Waals surface area (Å²) in [6.07, 6.45) is 13.7. The fraction of sp³-hybridized carbons (Fsp3) is 0.714. The Balaban J connectivity index is 1.80. The number of nitrogens with zero attached hydrogens (tertiary/aromatic N) is 1. The highest BCUT2D eigenvalue weighted by molar-refractivity contribution is 5.23. The number of hydrogen-bond acceptors (Lipinski definition) is 1. The van der Waals surface area contributed by atoms with Crippen LogP contribution in [-0.4, -0.2) is 24.5 Å². The predicted octanol–water partition coefficient (Wildman–Crippen LogP) is 3.38. The van der Waals surface area contributed by atoms with Gasteiger partial charge in [0, 0.05) is 6.54 Å². The third kappa shape index (κ3) is 2.94. The minimum atomic E-state index is 0.873. The Labute approximate surface area is 93.9 Å². The van der Waals surface area contributed by atoms with Gasteiger partial charge >= 0.3 is 0 Å². The van der Waals surface area contributed by atoms with Gasteiger partial charge in [0.05, 0.1) is 0 Å². The van der Waals surface area contributed by atoms with Crippen LogP contribution in [0.1, 0.15) is 39.0 Å². The summed E-state index contributed by atoms with van der Waals surface area (Å²) in [6, 6.07) is 0. The Kier molecular flexibility index (Phi) is 4.01. The van der Waals surface area contributed by atoms with Crippen molar-refractivity contribution < 1.29 is 0 Å². The number of rotatable bonds is 4. The van der Waals surface area contributed by atoms with Gasteiger partial charge in [-0.1, -0.05) is 43.6 Å².